The number of hydrogen-bond donors (Lipinski definition) is 0. The number of para-hydroxylation sites is 2. The molecule has 0 saturated carbocycles. The summed E-state index contributed by atoms with van der Waals surface area (Å²) in [7, 11) is 0. The monoisotopic (exact) mass is 618 g/mol. The van der Waals surface area contributed by atoms with Crippen LogP contribution in [0.25, 0.3) is 78.4 Å². The average Bonchev–Trinajstić information content (AvgIpc) is 3.74. The first kappa shape index (κ1) is 28.3. The van der Waals surface area contributed by atoms with Crippen LogP contribution in [0.2, 0.25) is 0 Å². The van der Waals surface area contributed by atoms with Crippen LogP contribution in [0.5, 0.6) is 0 Å². The minimum Gasteiger partial charge on any atom is -0.436 e. The lowest BCUT2D eigenvalue weighted by Crippen LogP contribution is -2.04. The molecular weight excluding hydrogens is 585 g/mol. The third-order valence-electron chi connectivity index (χ3n) is 9.83. The number of hydrogen-bond acceptors (Lipinski definition) is 2. The van der Waals surface area contributed by atoms with Gasteiger partial charge in [-0.05, 0) is 94.6 Å². The first-order chi connectivity index (χ1) is 23.7. The van der Waals surface area contributed by atoms with Crippen molar-refractivity contribution in [2.75, 3.05) is 0 Å². The normalized spacial score (nSPS) is 14.1. The van der Waals surface area contributed by atoms with Crippen molar-refractivity contribution in [1.29, 1.82) is 0 Å². The van der Waals surface area contributed by atoms with Crippen LogP contribution in [0, 0.1) is 5.92 Å². The first-order valence-electron chi connectivity index (χ1n) is 16.8. The molecule has 6 aromatic carbocycles. The highest BCUT2D eigenvalue weighted by atomic mass is 16.4. The van der Waals surface area contributed by atoms with Gasteiger partial charge in [0.25, 0.3) is 0 Å². The number of fused-ring (bicyclic) bond motifs is 4. The molecule has 0 amide bonds. The van der Waals surface area contributed by atoms with Gasteiger partial charge in [0, 0.05) is 22.0 Å². The zero-order valence-corrected chi connectivity index (χ0v) is 26.8. The number of rotatable bonds is 6. The highest BCUT2D eigenvalue weighted by Gasteiger charge is 2.20. The molecule has 1 aliphatic rings. The summed E-state index contributed by atoms with van der Waals surface area (Å²) in [6.07, 6.45) is 6.39. The summed E-state index contributed by atoms with van der Waals surface area (Å²) < 4.78 is 8.53. The van der Waals surface area contributed by atoms with E-state index in [0.29, 0.717) is 11.8 Å². The minimum absolute atomic E-state index is 0.537. The maximum atomic E-state index is 6.16. The largest absolute Gasteiger partial charge is 0.436 e. The summed E-state index contributed by atoms with van der Waals surface area (Å²) in [4.78, 5) is 4.86. The van der Waals surface area contributed by atoms with Gasteiger partial charge in [0.15, 0.2) is 5.76 Å². The van der Waals surface area contributed by atoms with E-state index in [-0.39, 0.29) is 0 Å². The van der Waals surface area contributed by atoms with Crippen LogP contribution < -0.4 is 0 Å². The second-order valence-corrected chi connectivity index (χ2v) is 12.6. The quantitative estimate of drug-likeness (QED) is 0.186. The fraction of sp³-hybridized carbons (Fsp3) is 0.0889. The molecule has 0 N–H and O–H groups in total. The molecular formula is C45H34N2O. The fourth-order valence-electron chi connectivity index (χ4n) is 7.31. The van der Waals surface area contributed by atoms with E-state index < -0.39 is 0 Å². The van der Waals surface area contributed by atoms with Crippen molar-refractivity contribution in [3.05, 3.63) is 163 Å². The lowest BCUT2D eigenvalue weighted by molar-refractivity contribution is 0.547. The van der Waals surface area contributed by atoms with Gasteiger partial charge in [-0.3, -0.25) is 0 Å². The molecule has 0 bridgehead atoms. The zero-order valence-electron chi connectivity index (χ0n) is 26.8. The number of aromatic nitrogens is 2. The smallest absolute Gasteiger partial charge is 0.226 e. The topological polar surface area (TPSA) is 31.0 Å². The predicted octanol–water partition coefficient (Wildman–Crippen LogP) is 12.0. The third kappa shape index (κ3) is 4.78. The van der Waals surface area contributed by atoms with Crippen molar-refractivity contribution in [2.45, 2.75) is 19.8 Å². The molecule has 0 saturated heterocycles. The first-order valence-corrected chi connectivity index (χ1v) is 16.8. The highest BCUT2D eigenvalue weighted by molar-refractivity contribution is 6.09. The Kier molecular flexibility index (Phi) is 6.90. The molecule has 3 nitrogen and oxygen atoms in total. The minimum atomic E-state index is 0.537. The van der Waals surface area contributed by atoms with Crippen molar-refractivity contribution in [1.82, 2.24) is 9.55 Å². The Bertz CT molecular complexity index is 2410. The second-order valence-electron chi connectivity index (χ2n) is 12.6. The lowest BCUT2D eigenvalue weighted by Gasteiger charge is -2.15. The van der Waals surface area contributed by atoms with Crippen molar-refractivity contribution in [2.24, 2.45) is 5.92 Å². The van der Waals surface area contributed by atoms with Gasteiger partial charge in [0.2, 0.25) is 5.89 Å². The van der Waals surface area contributed by atoms with E-state index in [2.05, 4.69) is 169 Å². The summed E-state index contributed by atoms with van der Waals surface area (Å²) >= 11 is 0. The summed E-state index contributed by atoms with van der Waals surface area (Å²) in [5, 5.41) is 2.54. The summed E-state index contributed by atoms with van der Waals surface area (Å²) in [6, 6.07) is 52.4. The fourth-order valence-corrected chi connectivity index (χ4v) is 7.31. The summed E-state index contributed by atoms with van der Waals surface area (Å²) in [5.74, 6) is 2.12. The maximum absolute atomic E-state index is 6.16. The predicted molar refractivity (Wildman–Crippen MR) is 199 cm³/mol. The Labute approximate surface area is 280 Å². The maximum Gasteiger partial charge on any atom is 0.226 e. The summed E-state index contributed by atoms with van der Waals surface area (Å²) in [6.45, 7) is 2.22. The third-order valence-corrected chi connectivity index (χ3v) is 9.83. The summed E-state index contributed by atoms with van der Waals surface area (Å²) in [5.41, 5.74) is 12.8. The molecule has 1 atom stereocenters. The van der Waals surface area contributed by atoms with Gasteiger partial charge in [-0.1, -0.05) is 122 Å². The Morgan fingerprint density at radius 1 is 0.583 bits per heavy atom. The van der Waals surface area contributed by atoms with E-state index in [1.54, 1.807) is 0 Å². The number of oxazole rings is 1. The number of allylic oxidation sites excluding steroid dienone is 1. The SMILES string of the molecule is CCC1C=Cc2oc(-c3ccc(-c4ccccc4-c4ccccc4-c4ccc(-n5c6ccccc6c6ccccc65)cc4)cc3)nc2C1. The number of benzene rings is 6. The van der Waals surface area contributed by atoms with E-state index >= 15 is 0 Å². The van der Waals surface area contributed by atoms with Crippen LogP contribution in [0.1, 0.15) is 24.8 Å². The Morgan fingerprint density at radius 3 is 1.67 bits per heavy atom. The molecule has 2 aromatic heterocycles. The van der Waals surface area contributed by atoms with Gasteiger partial charge >= 0.3 is 0 Å². The molecule has 48 heavy (non-hydrogen) atoms. The van der Waals surface area contributed by atoms with Crippen LogP contribution in [-0.2, 0) is 6.42 Å². The van der Waals surface area contributed by atoms with Gasteiger partial charge in [-0.25, -0.2) is 4.98 Å². The van der Waals surface area contributed by atoms with Gasteiger partial charge in [-0.15, -0.1) is 0 Å². The van der Waals surface area contributed by atoms with Gasteiger partial charge in [0.1, 0.15) is 0 Å². The molecule has 0 aliphatic heterocycles. The average molecular weight is 619 g/mol. The Balaban J connectivity index is 1.06. The number of nitrogens with zero attached hydrogens (tertiary/aromatic N) is 2. The van der Waals surface area contributed by atoms with Gasteiger partial charge in [0.05, 0.1) is 16.7 Å². The molecule has 0 radical (unpaired) electrons. The standard InChI is InChI=1S/C45H34N2O/c1-2-30-19-28-44-41(29-30)46-45(48-44)33-22-20-31(21-23-33)35-11-3-5-13-37(35)38-14-6-4-12-36(38)32-24-26-34(27-25-32)47-42-17-9-7-15-39(42)40-16-8-10-18-43(40)47/h3-28,30H,2,29H2,1H3. The van der Waals surface area contributed by atoms with E-state index in [9.17, 15) is 0 Å². The van der Waals surface area contributed by atoms with Crippen LogP contribution >= 0.6 is 0 Å². The van der Waals surface area contributed by atoms with Crippen LogP contribution in [0.4, 0.5) is 0 Å². The molecule has 8 aromatic rings. The Hall–Kier alpha value is -5.93. The molecule has 0 fully saturated rings. The molecule has 3 heteroatoms. The molecule has 2 heterocycles. The highest BCUT2D eigenvalue weighted by Crippen LogP contribution is 2.40. The Morgan fingerprint density at radius 2 is 1.08 bits per heavy atom. The van der Waals surface area contributed by atoms with E-state index in [4.69, 9.17) is 9.40 Å². The lowest BCUT2D eigenvalue weighted by atomic mass is 9.89. The molecule has 1 aliphatic carbocycles. The zero-order chi connectivity index (χ0) is 32.0. The molecule has 0 spiro atoms. The molecule has 1 unspecified atom stereocenters. The van der Waals surface area contributed by atoms with Crippen molar-refractivity contribution in [3.8, 4) is 50.5 Å². The van der Waals surface area contributed by atoms with Crippen LogP contribution in [0.3, 0.4) is 0 Å². The van der Waals surface area contributed by atoms with Crippen molar-refractivity contribution >= 4 is 27.9 Å². The molecule has 9 rings (SSSR count). The molecule has 230 valence electrons. The van der Waals surface area contributed by atoms with E-state index in [1.807, 2.05) is 0 Å². The van der Waals surface area contributed by atoms with Crippen molar-refractivity contribution < 1.29 is 4.42 Å². The van der Waals surface area contributed by atoms with Crippen LogP contribution in [-0.4, -0.2) is 9.55 Å². The van der Waals surface area contributed by atoms with Crippen molar-refractivity contribution in [3.63, 3.8) is 0 Å². The van der Waals surface area contributed by atoms with E-state index in [0.717, 1.165) is 41.1 Å². The van der Waals surface area contributed by atoms with Gasteiger partial charge in [-0.2, -0.15) is 0 Å². The second kappa shape index (κ2) is 11.7. The van der Waals surface area contributed by atoms with Crippen LogP contribution in [0.15, 0.2) is 156 Å². The van der Waals surface area contributed by atoms with E-state index in [1.165, 1.54) is 49.6 Å². The van der Waals surface area contributed by atoms with Gasteiger partial charge < -0.3 is 8.98 Å².